The number of ether oxygens (including phenoxy) is 1. The third-order valence-electron chi connectivity index (χ3n) is 5.33. The Labute approximate surface area is 171 Å². The fourth-order valence-electron chi connectivity index (χ4n) is 3.80. The predicted octanol–water partition coefficient (Wildman–Crippen LogP) is -2.06. The van der Waals surface area contributed by atoms with Crippen LogP contribution < -0.4 is 27.1 Å². The van der Waals surface area contributed by atoms with Crippen molar-refractivity contribution in [1.29, 1.82) is 0 Å². The highest BCUT2D eigenvalue weighted by Crippen LogP contribution is 2.32. The fraction of sp³-hybridized carbons (Fsp3) is 0.579. The number of hydrogen-bond donors (Lipinski definition) is 1. The van der Waals surface area contributed by atoms with E-state index < -0.39 is 5.24 Å². The summed E-state index contributed by atoms with van der Waals surface area (Å²) < 4.78 is 5.43. The van der Waals surface area contributed by atoms with Crippen molar-refractivity contribution < 1.29 is 31.6 Å². The number of anilines is 2. The van der Waals surface area contributed by atoms with Gasteiger partial charge in [-0.15, -0.1) is 0 Å². The molecule has 0 radical (unpaired) electrons. The maximum Gasteiger partial charge on any atom is 0.254 e. The van der Waals surface area contributed by atoms with Crippen LogP contribution in [0.4, 0.5) is 11.4 Å². The molecular formula is C19H27Cl2N3O3. The van der Waals surface area contributed by atoms with Gasteiger partial charge in [0.2, 0.25) is 5.91 Å². The molecule has 0 spiro atoms. The zero-order valence-corrected chi connectivity index (χ0v) is 17.4. The smallest absolute Gasteiger partial charge is 0.254 e. The monoisotopic (exact) mass is 415 g/mol. The number of piperazine rings is 1. The number of carbonyl (C=O) groups is 2. The number of nitrogens with zero attached hydrogens (tertiary/aromatic N) is 2. The van der Waals surface area contributed by atoms with Gasteiger partial charge >= 0.3 is 0 Å². The number of carbonyl (C=O) groups excluding carboxylic acids is 2. The quantitative estimate of drug-likeness (QED) is 0.574. The topological polar surface area (TPSA) is 54.3 Å². The molecule has 2 aliphatic heterocycles. The van der Waals surface area contributed by atoms with Crippen molar-refractivity contribution in [2.45, 2.75) is 25.8 Å². The number of hydrogen-bond acceptors (Lipinski definition) is 4. The first-order valence-electron chi connectivity index (χ1n) is 9.25. The molecule has 150 valence electrons. The van der Waals surface area contributed by atoms with Crippen molar-refractivity contribution in [3.05, 3.63) is 23.8 Å². The van der Waals surface area contributed by atoms with Crippen LogP contribution in [0.1, 0.15) is 30.1 Å². The minimum atomic E-state index is -0.535. The van der Waals surface area contributed by atoms with Crippen LogP contribution in [-0.2, 0) is 9.53 Å². The second-order valence-electron chi connectivity index (χ2n) is 7.15. The predicted molar refractivity (Wildman–Crippen MR) is 102 cm³/mol. The Bertz CT molecular complexity index is 672. The van der Waals surface area contributed by atoms with E-state index in [4.69, 9.17) is 16.3 Å². The highest BCUT2D eigenvalue weighted by Gasteiger charge is 2.29. The first kappa shape index (κ1) is 22.0. The van der Waals surface area contributed by atoms with Crippen LogP contribution in [0.5, 0.6) is 0 Å². The van der Waals surface area contributed by atoms with E-state index >= 15 is 0 Å². The van der Waals surface area contributed by atoms with Gasteiger partial charge in [0, 0.05) is 31.9 Å². The summed E-state index contributed by atoms with van der Waals surface area (Å²) in [5, 5.41) is -0.535. The van der Waals surface area contributed by atoms with Gasteiger partial charge < -0.3 is 31.8 Å². The van der Waals surface area contributed by atoms with E-state index in [0.29, 0.717) is 24.5 Å². The SMILES string of the molecule is CC(=O)N(c1cc(N2CC[NH+](C)CC2)ccc1C(=O)Cl)C1CCOCC1.[Cl-]. The van der Waals surface area contributed by atoms with Crippen LogP contribution in [0.2, 0.25) is 0 Å². The zero-order chi connectivity index (χ0) is 18.7. The molecule has 0 atom stereocenters. The van der Waals surface area contributed by atoms with Gasteiger partial charge in [-0.25, -0.2) is 0 Å². The molecule has 8 heteroatoms. The van der Waals surface area contributed by atoms with E-state index in [0.717, 1.165) is 44.7 Å². The van der Waals surface area contributed by atoms with E-state index in [1.807, 2.05) is 12.1 Å². The van der Waals surface area contributed by atoms with Crippen molar-refractivity contribution in [2.24, 2.45) is 0 Å². The van der Waals surface area contributed by atoms with Crippen molar-refractivity contribution in [3.63, 3.8) is 0 Å². The van der Waals surface area contributed by atoms with E-state index in [2.05, 4.69) is 11.9 Å². The summed E-state index contributed by atoms with van der Waals surface area (Å²) in [5.74, 6) is -0.0731. The molecule has 2 heterocycles. The van der Waals surface area contributed by atoms with Gasteiger partial charge in [-0.05, 0) is 42.6 Å². The molecule has 1 aromatic rings. The Morgan fingerprint density at radius 3 is 2.41 bits per heavy atom. The molecular weight excluding hydrogens is 389 g/mol. The van der Waals surface area contributed by atoms with Crippen molar-refractivity contribution in [3.8, 4) is 0 Å². The standard InChI is InChI=1S/C19H26ClN3O3.ClH/c1-14(24)23(15-5-11-26-12-6-15)18-13-16(3-4-17(18)19(20)25)22-9-7-21(2)8-10-22;/h3-4,13,15H,5-12H2,1-2H3;1H. The molecule has 6 nitrogen and oxygen atoms in total. The highest BCUT2D eigenvalue weighted by molar-refractivity contribution is 6.68. The third kappa shape index (κ3) is 5.13. The number of nitrogens with one attached hydrogen (secondary N) is 1. The number of amides is 1. The van der Waals surface area contributed by atoms with E-state index in [-0.39, 0.29) is 24.4 Å². The lowest BCUT2D eigenvalue weighted by Crippen LogP contribution is -3.12. The molecule has 0 aromatic heterocycles. The molecule has 3 rings (SSSR count). The maximum atomic E-state index is 12.5. The third-order valence-corrected chi connectivity index (χ3v) is 5.53. The lowest BCUT2D eigenvalue weighted by Gasteiger charge is -2.36. The summed E-state index contributed by atoms with van der Waals surface area (Å²) in [7, 11) is 2.20. The van der Waals surface area contributed by atoms with Gasteiger partial charge in [-0.1, -0.05) is 0 Å². The van der Waals surface area contributed by atoms with Crippen LogP contribution in [0.15, 0.2) is 18.2 Å². The van der Waals surface area contributed by atoms with Gasteiger partial charge in [0.05, 0.1) is 44.5 Å². The molecule has 0 aliphatic carbocycles. The second-order valence-corrected chi connectivity index (χ2v) is 7.50. The Kier molecular flexibility index (Phi) is 7.91. The molecule has 0 saturated carbocycles. The number of halogens is 2. The average Bonchev–Trinajstić information content (AvgIpc) is 2.63. The van der Waals surface area contributed by atoms with Crippen LogP contribution >= 0.6 is 11.6 Å². The Balaban J connectivity index is 0.00000261. The molecule has 0 bridgehead atoms. The molecule has 2 saturated heterocycles. The first-order chi connectivity index (χ1) is 12.5. The lowest BCUT2D eigenvalue weighted by molar-refractivity contribution is -0.880. The van der Waals surface area contributed by atoms with Crippen LogP contribution in [0.25, 0.3) is 0 Å². The summed E-state index contributed by atoms with van der Waals surface area (Å²) >= 11 is 5.83. The normalized spacial score (nSPS) is 18.7. The zero-order valence-electron chi connectivity index (χ0n) is 15.8. The van der Waals surface area contributed by atoms with Crippen LogP contribution in [-0.4, -0.2) is 63.6 Å². The lowest BCUT2D eigenvalue weighted by atomic mass is 10.0. The Hall–Kier alpha value is -1.34. The summed E-state index contributed by atoms with van der Waals surface area (Å²) in [6.45, 7) is 6.85. The Morgan fingerprint density at radius 1 is 1.22 bits per heavy atom. The number of rotatable bonds is 4. The number of benzene rings is 1. The minimum absolute atomic E-state index is 0. The summed E-state index contributed by atoms with van der Waals surface area (Å²) in [5.41, 5.74) is 2.04. The molecule has 1 aromatic carbocycles. The van der Waals surface area contributed by atoms with Crippen molar-refractivity contribution >= 4 is 34.1 Å². The molecule has 2 fully saturated rings. The fourth-order valence-corrected chi connectivity index (χ4v) is 3.96. The molecule has 2 aliphatic rings. The van der Waals surface area contributed by atoms with E-state index in [9.17, 15) is 9.59 Å². The highest BCUT2D eigenvalue weighted by atomic mass is 35.5. The molecule has 1 N–H and O–H groups in total. The summed E-state index contributed by atoms with van der Waals surface area (Å²) in [6, 6.07) is 5.67. The summed E-state index contributed by atoms with van der Waals surface area (Å²) in [6.07, 6.45) is 1.52. The van der Waals surface area contributed by atoms with Gasteiger partial charge in [-0.2, -0.15) is 0 Å². The van der Waals surface area contributed by atoms with Crippen LogP contribution in [0.3, 0.4) is 0 Å². The first-order valence-corrected chi connectivity index (χ1v) is 9.63. The molecule has 1 amide bonds. The maximum absolute atomic E-state index is 12.5. The molecule has 0 unspecified atom stereocenters. The van der Waals surface area contributed by atoms with Gasteiger partial charge in [-0.3, -0.25) is 9.59 Å². The van der Waals surface area contributed by atoms with E-state index in [1.165, 1.54) is 4.90 Å². The number of likely N-dealkylation sites (N-methyl/N-ethyl adjacent to an activating group) is 1. The van der Waals surface area contributed by atoms with E-state index in [1.54, 1.807) is 17.9 Å². The van der Waals surface area contributed by atoms with Gasteiger partial charge in [0.15, 0.2) is 0 Å². The van der Waals surface area contributed by atoms with Crippen molar-refractivity contribution in [2.75, 3.05) is 56.2 Å². The largest absolute Gasteiger partial charge is 1.00 e. The van der Waals surface area contributed by atoms with Gasteiger partial charge in [0.25, 0.3) is 5.24 Å². The minimum Gasteiger partial charge on any atom is -1.00 e. The van der Waals surface area contributed by atoms with Crippen LogP contribution in [0, 0.1) is 0 Å². The average molecular weight is 416 g/mol. The Morgan fingerprint density at radius 2 is 1.85 bits per heavy atom. The summed E-state index contributed by atoms with van der Waals surface area (Å²) in [4.78, 5) is 30.0. The number of quaternary nitrogens is 1. The second kappa shape index (κ2) is 9.73. The van der Waals surface area contributed by atoms with Crippen molar-refractivity contribution in [1.82, 2.24) is 0 Å². The molecule has 27 heavy (non-hydrogen) atoms. The van der Waals surface area contributed by atoms with Gasteiger partial charge in [0.1, 0.15) is 0 Å².